The Hall–Kier alpha value is -1.31. The first-order valence-corrected chi connectivity index (χ1v) is 7.52. The summed E-state index contributed by atoms with van der Waals surface area (Å²) in [5.74, 6) is 0.871. The Kier molecular flexibility index (Phi) is 5.66. The molecule has 0 saturated heterocycles. The number of hydrogen-bond acceptors (Lipinski definition) is 2. The summed E-state index contributed by atoms with van der Waals surface area (Å²) in [5.41, 5.74) is 2.56. The van der Waals surface area contributed by atoms with Crippen molar-refractivity contribution in [2.24, 2.45) is 4.99 Å². The highest BCUT2D eigenvalue weighted by Gasteiger charge is 2.28. The lowest BCUT2D eigenvalue weighted by atomic mass is 10.2. The predicted octanol–water partition coefficient (Wildman–Crippen LogP) is 1.86. The molecule has 1 N–H and O–H groups in total. The highest BCUT2D eigenvalue weighted by atomic mass is 127. The van der Waals surface area contributed by atoms with E-state index in [0.717, 1.165) is 18.9 Å². The summed E-state index contributed by atoms with van der Waals surface area (Å²) >= 11 is 0. The van der Waals surface area contributed by atoms with Gasteiger partial charge in [0.25, 0.3) is 0 Å². The molecule has 5 nitrogen and oxygen atoms in total. The number of nitrogens with one attached hydrogen (secondary N) is 1. The van der Waals surface area contributed by atoms with E-state index in [2.05, 4.69) is 39.5 Å². The Labute approximate surface area is 148 Å². The summed E-state index contributed by atoms with van der Waals surface area (Å²) in [4.78, 5) is 20.1. The molecule has 2 aliphatic rings. The smallest absolute Gasteiger partial charge is 0.243 e. The van der Waals surface area contributed by atoms with E-state index in [4.69, 9.17) is 0 Å². The molecule has 1 heterocycles. The van der Waals surface area contributed by atoms with Gasteiger partial charge in [0.1, 0.15) is 6.54 Å². The molecule has 1 aliphatic heterocycles. The van der Waals surface area contributed by atoms with E-state index in [-0.39, 0.29) is 36.4 Å². The largest absolute Gasteiger partial charge is 0.353 e. The van der Waals surface area contributed by atoms with E-state index in [1.165, 1.54) is 24.1 Å². The Bertz CT molecular complexity index is 569. The molecule has 0 spiro atoms. The van der Waals surface area contributed by atoms with Crippen LogP contribution in [0.4, 0.5) is 5.69 Å². The molecule has 1 aromatic rings. The number of rotatable bonds is 3. The number of likely N-dealkylation sites (N-methyl/N-ethyl adjacent to an activating group) is 1. The molecule has 22 heavy (non-hydrogen) atoms. The van der Waals surface area contributed by atoms with Gasteiger partial charge in [-0.3, -0.25) is 4.79 Å². The first kappa shape index (κ1) is 17.1. The molecule has 0 bridgehead atoms. The number of benzene rings is 1. The minimum atomic E-state index is 0. The van der Waals surface area contributed by atoms with Crippen molar-refractivity contribution in [1.29, 1.82) is 0 Å². The number of nitrogens with zero attached hydrogens (tertiary/aromatic N) is 3. The van der Waals surface area contributed by atoms with Crippen LogP contribution in [0.2, 0.25) is 0 Å². The van der Waals surface area contributed by atoms with Crippen LogP contribution >= 0.6 is 24.0 Å². The van der Waals surface area contributed by atoms with Crippen LogP contribution < -0.4 is 10.2 Å². The van der Waals surface area contributed by atoms with Crippen molar-refractivity contribution in [3.8, 4) is 0 Å². The second-order valence-corrected chi connectivity index (χ2v) is 5.88. The summed E-state index contributed by atoms with van der Waals surface area (Å²) in [7, 11) is 3.52. The fourth-order valence-corrected chi connectivity index (χ4v) is 2.46. The number of carbonyl (C=O) groups is 1. The molecule has 1 fully saturated rings. The molecule has 0 unspecified atom stereocenters. The lowest BCUT2D eigenvalue weighted by Gasteiger charge is -2.23. The fourth-order valence-electron chi connectivity index (χ4n) is 2.46. The Morgan fingerprint density at radius 3 is 2.77 bits per heavy atom. The van der Waals surface area contributed by atoms with Crippen molar-refractivity contribution in [2.45, 2.75) is 25.3 Å². The molecule has 0 atom stereocenters. The van der Waals surface area contributed by atoms with E-state index in [1.54, 1.807) is 19.0 Å². The number of hydrogen-bond donors (Lipinski definition) is 1. The zero-order chi connectivity index (χ0) is 14.8. The van der Waals surface area contributed by atoms with Gasteiger partial charge in [0, 0.05) is 32.4 Å². The monoisotopic (exact) mass is 414 g/mol. The number of fused-ring (bicyclic) bond motifs is 1. The van der Waals surface area contributed by atoms with E-state index in [9.17, 15) is 4.79 Å². The molecule has 120 valence electrons. The number of anilines is 1. The Balaban J connectivity index is 0.00000176. The van der Waals surface area contributed by atoms with Crippen molar-refractivity contribution < 1.29 is 4.79 Å². The van der Waals surface area contributed by atoms with Crippen molar-refractivity contribution in [1.82, 2.24) is 10.2 Å². The first-order chi connectivity index (χ1) is 10.1. The molecular formula is C16H23IN4O. The summed E-state index contributed by atoms with van der Waals surface area (Å²) in [6.45, 7) is 1.12. The highest BCUT2D eigenvalue weighted by molar-refractivity contribution is 14.0. The van der Waals surface area contributed by atoms with Gasteiger partial charge < -0.3 is 15.1 Å². The standard InChI is InChI=1S/C16H22N4O.HI/c1-19(2)15(21)11-17-16(18-13-7-8-13)20-10-9-12-5-3-4-6-14(12)20;/h3-6,13H,7-11H2,1-2H3,(H,17,18);1H. The maximum absolute atomic E-state index is 11.8. The summed E-state index contributed by atoms with van der Waals surface area (Å²) in [6, 6.07) is 8.93. The van der Waals surface area contributed by atoms with E-state index < -0.39 is 0 Å². The average Bonchev–Trinajstić information content (AvgIpc) is 3.20. The molecule has 0 aromatic heterocycles. The maximum Gasteiger partial charge on any atom is 0.243 e. The molecule has 1 aromatic carbocycles. The van der Waals surface area contributed by atoms with Gasteiger partial charge in [-0.15, -0.1) is 24.0 Å². The first-order valence-electron chi connectivity index (χ1n) is 7.52. The van der Waals surface area contributed by atoms with Crippen LogP contribution in [0.5, 0.6) is 0 Å². The Morgan fingerprint density at radius 2 is 2.09 bits per heavy atom. The van der Waals surface area contributed by atoms with Crippen molar-refractivity contribution in [3.05, 3.63) is 29.8 Å². The van der Waals surface area contributed by atoms with Gasteiger partial charge in [-0.05, 0) is 30.9 Å². The van der Waals surface area contributed by atoms with Crippen LogP contribution in [0.3, 0.4) is 0 Å². The third-order valence-corrected chi connectivity index (χ3v) is 3.92. The number of guanidine groups is 1. The van der Waals surface area contributed by atoms with Gasteiger partial charge in [-0.2, -0.15) is 0 Å². The zero-order valence-corrected chi connectivity index (χ0v) is 15.4. The van der Waals surface area contributed by atoms with E-state index in [0.29, 0.717) is 6.04 Å². The minimum absolute atomic E-state index is 0. The zero-order valence-electron chi connectivity index (χ0n) is 13.1. The van der Waals surface area contributed by atoms with Crippen molar-refractivity contribution in [3.63, 3.8) is 0 Å². The third kappa shape index (κ3) is 3.91. The number of amides is 1. The van der Waals surface area contributed by atoms with E-state index >= 15 is 0 Å². The van der Waals surface area contributed by atoms with Crippen LogP contribution in [-0.4, -0.2) is 50.0 Å². The topological polar surface area (TPSA) is 47.9 Å². The fraction of sp³-hybridized carbons (Fsp3) is 0.500. The van der Waals surface area contributed by atoms with Crippen molar-refractivity contribution in [2.75, 3.05) is 32.1 Å². The molecular weight excluding hydrogens is 391 g/mol. The normalized spacial score (nSPS) is 16.8. The van der Waals surface area contributed by atoms with Crippen LogP contribution in [0.25, 0.3) is 0 Å². The summed E-state index contributed by atoms with van der Waals surface area (Å²) < 4.78 is 0. The number of aliphatic imine (C=N–C) groups is 1. The number of para-hydroxylation sites is 1. The molecule has 0 radical (unpaired) electrons. The minimum Gasteiger partial charge on any atom is -0.353 e. The second-order valence-electron chi connectivity index (χ2n) is 5.88. The van der Waals surface area contributed by atoms with Gasteiger partial charge in [-0.25, -0.2) is 4.99 Å². The second kappa shape index (κ2) is 7.30. The van der Waals surface area contributed by atoms with E-state index in [1.807, 2.05) is 0 Å². The van der Waals surface area contributed by atoms with Crippen LogP contribution in [-0.2, 0) is 11.2 Å². The van der Waals surface area contributed by atoms with Gasteiger partial charge in [-0.1, -0.05) is 18.2 Å². The predicted molar refractivity (Wildman–Crippen MR) is 100 cm³/mol. The highest BCUT2D eigenvalue weighted by Crippen LogP contribution is 2.28. The molecule has 6 heteroatoms. The Morgan fingerprint density at radius 1 is 1.36 bits per heavy atom. The molecule has 1 aliphatic carbocycles. The molecule has 1 saturated carbocycles. The quantitative estimate of drug-likeness (QED) is 0.467. The lowest BCUT2D eigenvalue weighted by molar-refractivity contribution is -0.127. The maximum atomic E-state index is 11.8. The van der Waals surface area contributed by atoms with Crippen LogP contribution in [0, 0.1) is 0 Å². The van der Waals surface area contributed by atoms with Crippen molar-refractivity contribution >= 4 is 41.5 Å². The SMILES string of the molecule is CN(C)C(=O)CN=C(NC1CC1)N1CCc2ccccc21.I. The van der Waals surface area contributed by atoms with Gasteiger partial charge in [0.05, 0.1) is 0 Å². The van der Waals surface area contributed by atoms with Gasteiger partial charge >= 0.3 is 0 Å². The summed E-state index contributed by atoms with van der Waals surface area (Å²) in [6.07, 6.45) is 3.41. The number of halogens is 1. The number of carbonyl (C=O) groups excluding carboxylic acids is 1. The van der Waals surface area contributed by atoms with Gasteiger partial charge in [0.2, 0.25) is 5.91 Å². The van der Waals surface area contributed by atoms with Gasteiger partial charge in [0.15, 0.2) is 5.96 Å². The average molecular weight is 414 g/mol. The van der Waals surface area contributed by atoms with Crippen LogP contribution in [0.15, 0.2) is 29.3 Å². The third-order valence-electron chi connectivity index (χ3n) is 3.92. The lowest BCUT2D eigenvalue weighted by Crippen LogP contribution is -2.42. The summed E-state index contributed by atoms with van der Waals surface area (Å²) in [5, 5.41) is 3.47. The van der Waals surface area contributed by atoms with Crippen LogP contribution in [0.1, 0.15) is 18.4 Å². The molecule has 3 rings (SSSR count). The molecule has 1 amide bonds.